The zero-order valence-electron chi connectivity index (χ0n) is 18.8. The molecule has 0 spiro atoms. The van der Waals surface area contributed by atoms with Crippen LogP contribution in [0.15, 0.2) is 0 Å². The minimum absolute atomic E-state index is 0.890. The molecule has 0 aromatic carbocycles. The van der Waals surface area contributed by atoms with Crippen molar-refractivity contribution in [2.45, 2.75) is 106 Å². The summed E-state index contributed by atoms with van der Waals surface area (Å²) in [4.78, 5) is 0. The van der Waals surface area contributed by atoms with Crippen LogP contribution in [-0.4, -0.2) is 0 Å². The molecule has 0 bridgehead atoms. The molecule has 3 rings (SSSR count). The molecule has 0 N–H and O–H groups in total. The number of hydrogen-bond acceptors (Lipinski definition) is 0. The van der Waals surface area contributed by atoms with Crippen LogP contribution in [0.25, 0.3) is 0 Å². The molecule has 0 heterocycles. The van der Waals surface area contributed by atoms with Crippen LogP contribution < -0.4 is 0 Å². The van der Waals surface area contributed by atoms with E-state index in [1.165, 1.54) is 38.5 Å². The normalized spacial score (nSPS) is 45.2. The predicted octanol–water partition coefficient (Wildman–Crippen LogP) is 8.21. The van der Waals surface area contributed by atoms with E-state index in [0.717, 1.165) is 59.2 Å². The zero-order valence-corrected chi connectivity index (χ0v) is 18.8. The summed E-state index contributed by atoms with van der Waals surface area (Å²) in [6.45, 7) is 15.2. The van der Waals surface area contributed by atoms with Crippen molar-refractivity contribution in [1.29, 1.82) is 0 Å². The van der Waals surface area contributed by atoms with Crippen molar-refractivity contribution in [1.82, 2.24) is 0 Å². The van der Waals surface area contributed by atoms with E-state index in [0.29, 0.717) is 0 Å². The Morgan fingerprint density at radius 1 is 0.500 bits per heavy atom. The van der Waals surface area contributed by atoms with Gasteiger partial charge < -0.3 is 0 Å². The van der Waals surface area contributed by atoms with Gasteiger partial charge in [-0.05, 0) is 97.7 Å². The van der Waals surface area contributed by atoms with Gasteiger partial charge in [-0.25, -0.2) is 0 Å². The molecular formula is C26H48. The maximum Gasteiger partial charge on any atom is -0.0350 e. The maximum absolute atomic E-state index is 2.54. The molecule has 3 saturated carbocycles. The molecule has 0 saturated heterocycles. The fourth-order valence-corrected chi connectivity index (χ4v) is 7.79. The standard InChI is InChI=1S/C26H48/c1-17(2)21-13-11-19(5)15-25(21)23-9-7-8-10-24(23)26-16-20(6)12-14-22(26)18(3)4/h17-26H,7-16H2,1-6H3/t19?,20?,21?,22?,23-,24+,25?,26?. The SMILES string of the molecule is CC1CCC(C(C)C)C([C@H]2CCCC[C@H]2C2CC(C)CCC2C(C)C)C1. The molecule has 0 radical (unpaired) electrons. The van der Waals surface area contributed by atoms with Gasteiger partial charge in [-0.3, -0.25) is 0 Å². The minimum atomic E-state index is 0.890. The van der Waals surface area contributed by atoms with Crippen molar-refractivity contribution in [3.63, 3.8) is 0 Å². The zero-order chi connectivity index (χ0) is 18.8. The molecule has 8 atom stereocenters. The quantitative estimate of drug-likeness (QED) is 0.474. The molecule has 26 heavy (non-hydrogen) atoms. The summed E-state index contributed by atoms with van der Waals surface area (Å²) in [6.07, 6.45) is 15.2. The van der Waals surface area contributed by atoms with Gasteiger partial charge in [-0.15, -0.1) is 0 Å². The highest BCUT2D eigenvalue weighted by atomic mass is 14.5. The summed E-state index contributed by atoms with van der Waals surface area (Å²) in [5, 5.41) is 0. The van der Waals surface area contributed by atoms with E-state index in [4.69, 9.17) is 0 Å². The number of rotatable bonds is 4. The average Bonchev–Trinajstić information content (AvgIpc) is 2.61. The van der Waals surface area contributed by atoms with Crippen molar-refractivity contribution >= 4 is 0 Å². The highest BCUT2D eigenvalue weighted by Gasteiger charge is 2.45. The van der Waals surface area contributed by atoms with Gasteiger partial charge in [0.05, 0.1) is 0 Å². The van der Waals surface area contributed by atoms with Crippen molar-refractivity contribution in [2.24, 2.45) is 59.2 Å². The van der Waals surface area contributed by atoms with Crippen LogP contribution in [0.1, 0.15) is 106 Å². The van der Waals surface area contributed by atoms with Crippen LogP contribution >= 0.6 is 0 Å². The molecular weight excluding hydrogens is 312 g/mol. The molecule has 3 aliphatic carbocycles. The van der Waals surface area contributed by atoms with Gasteiger partial charge in [0, 0.05) is 0 Å². The first-order valence-electron chi connectivity index (χ1n) is 12.4. The first-order chi connectivity index (χ1) is 12.4. The highest BCUT2D eigenvalue weighted by molar-refractivity contribution is 4.94. The van der Waals surface area contributed by atoms with Gasteiger partial charge in [-0.1, -0.05) is 67.2 Å². The van der Waals surface area contributed by atoms with Crippen LogP contribution in [-0.2, 0) is 0 Å². The number of hydrogen-bond donors (Lipinski definition) is 0. The second kappa shape index (κ2) is 9.00. The van der Waals surface area contributed by atoms with Gasteiger partial charge in [0.1, 0.15) is 0 Å². The summed E-state index contributed by atoms with van der Waals surface area (Å²) >= 11 is 0. The molecule has 3 fully saturated rings. The Balaban J connectivity index is 1.83. The summed E-state index contributed by atoms with van der Waals surface area (Å²) in [7, 11) is 0. The lowest BCUT2D eigenvalue weighted by atomic mass is 9.54. The molecule has 0 aromatic heterocycles. The predicted molar refractivity (Wildman–Crippen MR) is 115 cm³/mol. The van der Waals surface area contributed by atoms with Crippen molar-refractivity contribution < 1.29 is 0 Å². The van der Waals surface area contributed by atoms with Crippen molar-refractivity contribution in [3.05, 3.63) is 0 Å². The van der Waals surface area contributed by atoms with E-state index < -0.39 is 0 Å². The molecule has 0 nitrogen and oxygen atoms in total. The van der Waals surface area contributed by atoms with Gasteiger partial charge in [0.15, 0.2) is 0 Å². The largest absolute Gasteiger partial charge is 0.0625 e. The summed E-state index contributed by atoms with van der Waals surface area (Å²) in [5.74, 6) is 9.93. The van der Waals surface area contributed by atoms with E-state index in [1.807, 2.05) is 0 Å². The Bertz CT molecular complexity index is 382. The first kappa shape index (κ1) is 20.7. The third-order valence-corrected chi connectivity index (χ3v) is 9.12. The first-order valence-corrected chi connectivity index (χ1v) is 12.4. The topological polar surface area (TPSA) is 0 Å². The lowest BCUT2D eigenvalue weighted by molar-refractivity contribution is -0.0186. The molecule has 0 aromatic rings. The Hall–Kier alpha value is 0. The minimum Gasteiger partial charge on any atom is -0.0625 e. The second-order valence-corrected chi connectivity index (χ2v) is 11.6. The van der Waals surface area contributed by atoms with Gasteiger partial charge in [0.25, 0.3) is 0 Å². The van der Waals surface area contributed by atoms with E-state index >= 15 is 0 Å². The van der Waals surface area contributed by atoms with E-state index in [9.17, 15) is 0 Å². The Kier molecular flexibility index (Phi) is 7.17. The average molecular weight is 361 g/mol. The van der Waals surface area contributed by atoms with Crippen LogP contribution in [0, 0.1) is 59.2 Å². The Morgan fingerprint density at radius 2 is 0.885 bits per heavy atom. The lowest BCUT2D eigenvalue weighted by Gasteiger charge is -2.51. The molecule has 152 valence electrons. The molecule has 3 aliphatic rings. The van der Waals surface area contributed by atoms with E-state index in [1.54, 1.807) is 25.7 Å². The highest BCUT2D eigenvalue weighted by Crippen LogP contribution is 2.54. The van der Waals surface area contributed by atoms with Crippen molar-refractivity contribution in [3.8, 4) is 0 Å². The van der Waals surface area contributed by atoms with Crippen molar-refractivity contribution in [2.75, 3.05) is 0 Å². The molecule has 6 unspecified atom stereocenters. The van der Waals surface area contributed by atoms with E-state index in [2.05, 4.69) is 41.5 Å². The molecule has 0 aliphatic heterocycles. The van der Waals surface area contributed by atoms with Crippen LogP contribution in [0.2, 0.25) is 0 Å². The van der Waals surface area contributed by atoms with Crippen LogP contribution in [0.4, 0.5) is 0 Å². The molecule has 0 heteroatoms. The third-order valence-electron chi connectivity index (χ3n) is 9.12. The van der Waals surface area contributed by atoms with Gasteiger partial charge >= 0.3 is 0 Å². The third kappa shape index (κ3) is 4.52. The second-order valence-electron chi connectivity index (χ2n) is 11.6. The summed E-state index contributed by atoms with van der Waals surface area (Å²) in [6, 6.07) is 0. The summed E-state index contributed by atoms with van der Waals surface area (Å²) in [5.41, 5.74) is 0. The van der Waals surface area contributed by atoms with Crippen LogP contribution in [0.3, 0.4) is 0 Å². The van der Waals surface area contributed by atoms with E-state index in [-0.39, 0.29) is 0 Å². The maximum atomic E-state index is 2.54. The lowest BCUT2D eigenvalue weighted by Crippen LogP contribution is -2.43. The fourth-order valence-electron chi connectivity index (χ4n) is 7.79. The van der Waals surface area contributed by atoms with Gasteiger partial charge in [0.2, 0.25) is 0 Å². The monoisotopic (exact) mass is 360 g/mol. The fraction of sp³-hybridized carbons (Fsp3) is 1.00. The smallest absolute Gasteiger partial charge is 0.0350 e. The van der Waals surface area contributed by atoms with Gasteiger partial charge in [-0.2, -0.15) is 0 Å². The summed E-state index contributed by atoms with van der Waals surface area (Å²) < 4.78 is 0. The Morgan fingerprint density at radius 3 is 1.23 bits per heavy atom. The Labute approximate surface area is 165 Å². The van der Waals surface area contributed by atoms with Crippen LogP contribution in [0.5, 0.6) is 0 Å². The molecule has 0 amide bonds.